The smallest absolute Gasteiger partial charge is 0.229 e. The van der Waals surface area contributed by atoms with Gasteiger partial charge in [0, 0.05) is 12.5 Å². The van der Waals surface area contributed by atoms with Gasteiger partial charge in [-0.05, 0) is 35.6 Å². The van der Waals surface area contributed by atoms with Crippen LogP contribution in [0.2, 0.25) is 0 Å². The number of benzene rings is 2. The first kappa shape index (κ1) is 16.6. The second-order valence-electron chi connectivity index (χ2n) is 7.69. The molecule has 1 N–H and O–H groups in total. The average molecular weight is 322 g/mol. The molecule has 0 unspecified atom stereocenters. The van der Waals surface area contributed by atoms with Crippen LogP contribution in [0, 0.1) is 0 Å². The molecule has 1 atom stereocenters. The van der Waals surface area contributed by atoms with Crippen molar-refractivity contribution in [2.75, 3.05) is 10.2 Å². The Balaban J connectivity index is 1.89. The number of nitrogens with zero attached hydrogens (tertiary/aromatic N) is 1. The molecular formula is C21H26N2O. The highest BCUT2D eigenvalue weighted by atomic mass is 16.2. The lowest BCUT2D eigenvalue weighted by atomic mass is 9.87. The molecule has 2 aromatic rings. The third-order valence-electron chi connectivity index (χ3n) is 4.54. The van der Waals surface area contributed by atoms with Crippen molar-refractivity contribution >= 4 is 17.3 Å². The van der Waals surface area contributed by atoms with Crippen LogP contribution in [0.25, 0.3) is 0 Å². The number of hydrogen-bond acceptors (Lipinski definition) is 2. The van der Waals surface area contributed by atoms with Crippen LogP contribution in [0.3, 0.4) is 0 Å². The summed E-state index contributed by atoms with van der Waals surface area (Å²) >= 11 is 0. The van der Waals surface area contributed by atoms with Gasteiger partial charge in [-0.2, -0.15) is 0 Å². The Labute approximate surface area is 144 Å². The molecule has 3 nitrogen and oxygen atoms in total. The SMILES string of the molecule is C[C@H]1CC(=O)N(Cc2ccc(C(C)(C)C)cc2)c2ccccc2N1. The fourth-order valence-corrected chi connectivity index (χ4v) is 3.12. The van der Waals surface area contributed by atoms with E-state index in [1.807, 2.05) is 29.2 Å². The van der Waals surface area contributed by atoms with E-state index < -0.39 is 0 Å². The minimum atomic E-state index is 0.142. The zero-order chi connectivity index (χ0) is 17.3. The van der Waals surface area contributed by atoms with Crippen LogP contribution in [-0.4, -0.2) is 11.9 Å². The van der Waals surface area contributed by atoms with Gasteiger partial charge in [-0.3, -0.25) is 4.79 Å². The molecule has 126 valence electrons. The van der Waals surface area contributed by atoms with Gasteiger partial charge in [0.05, 0.1) is 17.9 Å². The fourth-order valence-electron chi connectivity index (χ4n) is 3.12. The van der Waals surface area contributed by atoms with Crippen LogP contribution in [0.15, 0.2) is 48.5 Å². The standard InChI is InChI=1S/C21H26N2O/c1-15-13-20(24)23(19-8-6-5-7-18(19)22-15)14-16-9-11-17(12-10-16)21(2,3)4/h5-12,15,22H,13-14H2,1-4H3/t15-/m0/s1. The normalized spacial score (nSPS) is 17.9. The summed E-state index contributed by atoms with van der Waals surface area (Å²) in [5, 5.41) is 3.44. The van der Waals surface area contributed by atoms with Crippen LogP contribution in [-0.2, 0) is 16.8 Å². The molecule has 0 spiro atoms. The van der Waals surface area contributed by atoms with Gasteiger partial charge in [-0.1, -0.05) is 57.2 Å². The van der Waals surface area contributed by atoms with Gasteiger partial charge in [-0.25, -0.2) is 0 Å². The van der Waals surface area contributed by atoms with Gasteiger partial charge in [0.1, 0.15) is 0 Å². The molecular weight excluding hydrogens is 296 g/mol. The minimum Gasteiger partial charge on any atom is -0.380 e. The van der Waals surface area contributed by atoms with Crippen molar-refractivity contribution < 1.29 is 4.79 Å². The molecule has 1 heterocycles. The third-order valence-corrected chi connectivity index (χ3v) is 4.54. The number of hydrogen-bond donors (Lipinski definition) is 1. The molecule has 1 aliphatic rings. The summed E-state index contributed by atoms with van der Waals surface area (Å²) in [7, 11) is 0. The van der Waals surface area contributed by atoms with Crippen LogP contribution < -0.4 is 10.2 Å². The first-order chi connectivity index (χ1) is 11.3. The van der Waals surface area contributed by atoms with Crippen molar-refractivity contribution in [1.82, 2.24) is 0 Å². The lowest BCUT2D eigenvalue weighted by molar-refractivity contribution is -0.118. The number of rotatable bonds is 2. The van der Waals surface area contributed by atoms with Crippen LogP contribution in [0.4, 0.5) is 11.4 Å². The van der Waals surface area contributed by atoms with Crippen molar-refractivity contribution in [2.24, 2.45) is 0 Å². The van der Waals surface area contributed by atoms with E-state index in [1.165, 1.54) is 5.56 Å². The highest BCUT2D eigenvalue weighted by Gasteiger charge is 2.25. The predicted octanol–water partition coefficient (Wildman–Crippen LogP) is 4.72. The second kappa shape index (κ2) is 6.31. The van der Waals surface area contributed by atoms with E-state index in [4.69, 9.17) is 0 Å². The maximum atomic E-state index is 12.7. The van der Waals surface area contributed by atoms with Crippen LogP contribution in [0.5, 0.6) is 0 Å². The van der Waals surface area contributed by atoms with E-state index in [0.29, 0.717) is 13.0 Å². The van der Waals surface area contributed by atoms with E-state index in [9.17, 15) is 4.79 Å². The maximum Gasteiger partial charge on any atom is 0.229 e. The molecule has 3 rings (SSSR count). The van der Waals surface area contributed by atoms with Crippen molar-refractivity contribution in [3.63, 3.8) is 0 Å². The molecule has 0 aliphatic carbocycles. The van der Waals surface area contributed by atoms with Gasteiger partial charge in [-0.15, -0.1) is 0 Å². The van der Waals surface area contributed by atoms with Crippen LogP contribution in [0.1, 0.15) is 45.2 Å². The molecule has 3 heteroatoms. The fraction of sp³-hybridized carbons (Fsp3) is 0.381. The molecule has 1 aliphatic heterocycles. The Kier molecular flexibility index (Phi) is 4.35. The monoisotopic (exact) mass is 322 g/mol. The lowest BCUT2D eigenvalue weighted by Gasteiger charge is -2.24. The number of carbonyl (C=O) groups excluding carboxylic acids is 1. The molecule has 0 fully saturated rings. The minimum absolute atomic E-state index is 0.142. The molecule has 0 radical (unpaired) electrons. The summed E-state index contributed by atoms with van der Waals surface area (Å²) in [6, 6.07) is 16.8. The van der Waals surface area contributed by atoms with Gasteiger partial charge in [0.2, 0.25) is 5.91 Å². The van der Waals surface area contributed by atoms with Crippen molar-refractivity contribution in [2.45, 2.75) is 52.1 Å². The highest BCUT2D eigenvalue weighted by molar-refractivity contribution is 5.98. The summed E-state index contributed by atoms with van der Waals surface area (Å²) < 4.78 is 0. The van der Waals surface area contributed by atoms with Gasteiger partial charge in [0.15, 0.2) is 0 Å². The third kappa shape index (κ3) is 3.45. The molecule has 0 aromatic heterocycles. The largest absolute Gasteiger partial charge is 0.380 e. The second-order valence-corrected chi connectivity index (χ2v) is 7.69. The predicted molar refractivity (Wildman–Crippen MR) is 100 cm³/mol. The first-order valence-corrected chi connectivity index (χ1v) is 8.60. The lowest BCUT2D eigenvalue weighted by Crippen LogP contribution is -2.31. The van der Waals surface area contributed by atoms with E-state index in [1.54, 1.807) is 0 Å². The number of carbonyl (C=O) groups is 1. The van der Waals surface area contributed by atoms with Gasteiger partial charge in [0.25, 0.3) is 0 Å². The molecule has 2 aromatic carbocycles. The summed E-state index contributed by atoms with van der Waals surface area (Å²) in [5.74, 6) is 0.167. The van der Waals surface area contributed by atoms with Gasteiger partial charge >= 0.3 is 0 Å². The number of fused-ring (bicyclic) bond motifs is 1. The summed E-state index contributed by atoms with van der Waals surface area (Å²) in [4.78, 5) is 14.6. The van der Waals surface area contributed by atoms with E-state index in [2.05, 4.69) is 57.3 Å². The maximum absolute atomic E-state index is 12.7. The van der Waals surface area contributed by atoms with Crippen molar-refractivity contribution in [3.05, 3.63) is 59.7 Å². The van der Waals surface area contributed by atoms with Crippen molar-refractivity contribution in [1.29, 1.82) is 0 Å². The van der Waals surface area contributed by atoms with Crippen LogP contribution >= 0.6 is 0 Å². The first-order valence-electron chi connectivity index (χ1n) is 8.60. The number of para-hydroxylation sites is 2. The number of nitrogens with one attached hydrogen (secondary N) is 1. The Morgan fingerprint density at radius 3 is 2.42 bits per heavy atom. The molecule has 1 amide bonds. The summed E-state index contributed by atoms with van der Waals surface area (Å²) in [5.41, 5.74) is 4.60. The summed E-state index contributed by atoms with van der Waals surface area (Å²) in [6.07, 6.45) is 0.509. The Hall–Kier alpha value is -2.29. The highest BCUT2D eigenvalue weighted by Crippen LogP contribution is 2.32. The molecule has 0 saturated carbocycles. The quantitative estimate of drug-likeness (QED) is 0.867. The van der Waals surface area contributed by atoms with Gasteiger partial charge < -0.3 is 10.2 Å². The Morgan fingerprint density at radius 1 is 1.08 bits per heavy atom. The average Bonchev–Trinajstić information content (AvgIpc) is 2.63. The van der Waals surface area contributed by atoms with E-state index in [0.717, 1.165) is 16.9 Å². The van der Waals surface area contributed by atoms with Crippen molar-refractivity contribution in [3.8, 4) is 0 Å². The Morgan fingerprint density at radius 2 is 1.75 bits per heavy atom. The molecule has 24 heavy (non-hydrogen) atoms. The topological polar surface area (TPSA) is 32.3 Å². The van der Waals surface area contributed by atoms with E-state index in [-0.39, 0.29) is 17.4 Å². The zero-order valence-corrected chi connectivity index (χ0v) is 15.0. The molecule has 0 bridgehead atoms. The van der Waals surface area contributed by atoms with E-state index >= 15 is 0 Å². The Bertz CT molecular complexity index is 728. The molecule has 0 saturated heterocycles. The summed E-state index contributed by atoms with van der Waals surface area (Å²) in [6.45, 7) is 9.29. The zero-order valence-electron chi connectivity index (χ0n) is 15.0. The number of amides is 1. The number of anilines is 2.